The van der Waals surface area contributed by atoms with Crippen molar-refractivity contribution in [1.29, 1.82) is 0 Å². The molecule has 0 aromatic rings. The van der Waals surface area contributed by atoms with Gasteiger partial charge in [-0.05, 0) is 24.2 Å². The van der Waals surface area contributed by atoms with Gasteiger partial charge in [-0.1, -0.05) is 36.7 Å². The maximum Gasteiger partial charge on any atom is 0.0465 e. The van der Waals surface area contributed by atoms with Crippen LogP contribution in [0, 0.1) is 11.3 Å². The molecule has 2 unspecified atom stereocenters. The van der Waals surface area contributed by atoms with Gasteiger partial charge in [0.15, 0.2) is 0 Å². The van der Waals surface area contributed by atoms with Gasteiger partial charge in [0.2, 0.25) is 0 Å². The van der Waals surface area contributed by atoms with Crippen molar-refractivity contribution < 1.29 is 4.74 Å². The van der Waals surface area contributed by atoms with Crippen LogP contribution in [0.25, 0.3) is 0 Å². The van der Waals surface area contributed by atoms with Gasteiger partial charge in [0, 0.05) is 19.0 Å². The number of hydrogen-bond acceptors (Lipinski definition) is 1. The van der Waals surface area contributed by atoms with Crippen molar-refractivity contribution >= 4 is 15.9 Å². The van der Waals surface area contributed by atoms with Crippen LogP contribution in [0.2, 0.25) is 0 Å². The van der Waals surface area contributed by atoms with E-state index in [2.05, 4.69) is 36.7 Å². The average molecular weight is 237 g/mol. The molecule has 0 rings (SSSR count). The predicted molar refractivity (Wildman–Crippen MR) is 57.8 cm³/mol. The maximum absolute atomic E-state index is 5.08. The van der Waals surface area contributed by atoms with Gasteiger partial charge in [-0.2, -0.15) is 0 Å². The molecule has 0 heterocycles. The second-order valence-corrected chi connectivity index (χ2v) is 4.38. The first kappa shape index (κ1) is 12.4. The van der Waals surface area contributed by atoms with Gasteiger partial charge < -0.3 is 4.74 Å². The lowest BCUT2D eigenvalue weighted by Crippen LogP contribution is -2.27. The Bertz CT molecular complexity index is 110. The van der Waals surface area contributed by atoms with E-state index in [1.807, 2.05) is 0 Å². The summed E-state index contributed by atoms with van der Waals surface area (Å²) in [6.45, 7) is 7.78. The molecule has 0 amide bonds. The molecule has 0 saturated heterocycles. The first-order valence-electron chi connectivity index (χ1n) is 4.65. The summed E-state index contributed by atoms with van der Waals surface area (Å²) < 4.78 is 5.08. The number of halogens is 1. The second kappa shape index (κ2) is 5.98. The second-order valence-electron chi connectivity index (χ2n) is 3.82. The summed E-state index contributed by atoms with van der Waals surface area (Å²) in [5, 5.41) is 1.08. The Morgan fingerprint density at radius 1 is 1.50 bits per heavy atom. The summed E-state index contributed by atoms with van der Waals surface area (Å²) >= 11 is 3.58. The molecule has 74 valence electrons. The van der Waals surface area contributed by atoms with Crippen LogP contribution in [0.5, 0.6) is 0 Å². The predicted octanol–water partition coefficient (Wildman–Crippen LogP) is 3.47. The van der Waals surface area contributed by atoms with Crippen LogP contribution in [0.15, 0.2) is 0 Å². The van der Waals surface area contributed by atoms with Crippen molar-refractivity contribution in [3.05, 3.63) is 0 Å². The highest BCUT2D eigenvalue weighted by Gasteiger charge is 2.27. The van der Waals surface area contributed by atoms with Crippen LogP contribution in [0.4, 0.5) is 0 Å². The normalized spacial score (nSPS) is 18.8. The number of rotatable bonds is 6. The smallest absolute Gasteiger partial charge is 0.0465 e. The molecule has 0 bridgehead atoms. The van der Waals surface area contributed by atoms with E-state index in [1.54, 1.807) is 7.11 Å². The van der Waals surface area contributed by atoms with E-state index < -0.39 is 0 Å². The molecule has 0 radical (unpaired) electrons. The van der Waals surface area contributed by atoms with E-state index >= 15 is 0 Å². The zero-order valence-electron chi connectivity index (χ0n) is 8.69. The van der Waals surface area contributed by atoms with Crippen molar-refractivity contribution in [2.75, 3.05) is 19.0 Å². The number of ether oxygens (including phenoxy) is 1. The summed E-state index contributed by atoms with van der Waals surface area (Å²) in [4.78, 5) is 0. The zero-order valence-corrected chi connectivity index (χ0v) is 10.3. The molecule has 0 spiro atoms. The molecule has 1 nitrogen and oxygen atoms in total. The molecular weight excluding hydrogens is 216 g/mol. The minimum absolute atomic E-state index is 0.429. The fraction of sp³-hybridized carbons (Fsp3) is 1.00. The fourth-order valence-electron chi connectivity index (χ4n) is 1.22. The third-order valence-electron chi connectivity index (χ3n) is 3.06. The van der Waals surface area contributed by atoms with Gasteiger partial charge in [-0.15, -0.1) is 0 Å². The summed E-state index contributed by atoms with van der Waals surface area (Å²) in [7, 11) is 1.77. The lowest BCUT2D eigenvalue weighted by atomic mass is 9.76. The van der Waals surface area contributed by atoms with Crippen LogP contribution < -0.4 is 0 Å². The monoisotopic (exact) mass is 236 g/mol. The van der Waals surface area contributed by atoms with Crippen LogP contribution in [0.1, 0.15) is 33.6 Å². The first-order chi connectivity index (χ1) is 5.60. The van der Waals surface area contributed by atoms with E-state index in [-0.39, 0.29) is 0 Å². The minimum atomic E-state index is 0.429. The third-order valence-corrected chi connectivity index (χ3v) is 4.34. The van der Waals surface area contributed by atoms with Gasteiger partial charge in [-0.25, -0.2) is 0 Å². The van der Waals surface area contributed by atoms with Crippen molar-refractivity contribution in [1.82, 2.24) is 0 Å². The molecule has 0 saturated carbocycles. The van der Waals surface area contributed by atoms with Crippen LogP contribution >= 0.6 is 15.9 Å². The average Bonchev–Trinajstić information content (AvgIpc) is 2.12. The summed E-state index contributed by atoms with van der Waals surface area (Å²) in [5.41, 5.74) is 0.429. The molecule has 0 N–H and O–H groups in total. The Labute approximate surface area is 85.0 Å². The lowest BCUT2D eigenvalue weighted by Gasteiger charge is -2.32. The van der Waals surface area contributed by atoms with Gasteiger partial charge >= 0.3 is 0 Å². The quantitative estimate of drug-likeness (QED) is 0.643. The van der Waals surface area contributed by atoms with Crippen molar-refractivity contribution in [2.24, 2.45) is 11.3 Å². The molecule has 0 aliphatic rings. The maximum atomic E-state index is 5.08. The Kier molecular flexibility index (Phi) is 6.20. The highest BCUT2D eigenvalue weighted by molar-refractivity contribution is 9.09. The molecule has 12 heavy (non-hydrogen) atoms. The number of methoxy groups -OCH3 is 1. The van der Waals surface area contributed by atoms with E-state index in [9.17, 15) is 0 Å². The van der Waals surface area contributed by atoms with E-state index in [0.29, 0.717) is 5.41 Å². The largest absolute Gasteiger partial charge is 0.385 e. The SMILES string of the molecule is CCC(C)(CBr)C(C)CCOC. The molecule has 0 aromatic carbocycles. The molecular formula is C10H21BrO. The van der Waals surface area contributed by atoms with E-state index in [4.69, 9.17) is 4.74 Å². The first-order valence-corrected chi connectivity index (χ1v) is 5.77. The van der Waals surface area contributed by atoms with Gasteiger partial charge in [0.05, 0.1) is 0 Å². The Balaban J connectivity index is 3.93. The van der Waals surface area contributed by atoms with Crippen LogP contribution in [-0.2, 0) is 4.74 Å². The number of alkyl halides is 1. The van der Waals surface area contributed by atoms with Gasteiger partial charge in [0.1, 0.15) is 0 Å². The van der Waals surface area contributed by atoms with Crippen LogP contribution in [0.3, 0.4) is 0 Å². The highest BCUT2D eigenvalue weighted by Crippen LogP contribution is 2.34. The molecule has 0 aromatic heterocycles. The highest BCUT2D eigenvalue weighted by atomic mass is 79.9. The van der Waals surface area contributed by atoms with E-state index in [0.717, 1.165) is 24.3 Å². The molecule has 2 heteroatoms. The Morgan fingerprint density at radius 3 is 2.42 bits per heavy atom. The van der Waals surface area contributed by atoms with Crippen molar-refractivity contribution in [2.45, 2.75) is 33.6 Å². The molecule has 2 atom stereocenters. The Morgan fingerprint density at radius 2 is 2.08 bits per heavy atom. The summed E-state index contributed by atoms with van der Waals surface area (Å²) in [6, 6.07) is 0. The Hall–Kier alpha value is 0.440. The van der Waals surface area contributed by atoms with Gasteiger partial charge in [-0.3, -0.25) is 0 Å². The molecule has 0 aliphatic heterocycles. The third kappa shape index (κ3) is 3.44. The van der Waals surface area contributed by atoms with Crippen LogP contribution in [-0.4, -0.2) is 19.0 Å². The summed E-state index contributed by atoms with van der Waals surface area (Å²) in [5.74, 6) is 0.724. The van der Waals surface area contributed by atoms with Gasteiger partial charge in [0.25, 0.3) is 0 Å². The lowest BCUT2D eigenvalue weighted by molar-refractivity contribution is 0.136. The molecule has 0 aliphatic carbocycles. The number of hydrogen-bond donors (Lipinski definition) is 0. The summed E-state index contributed by atoms with van der Waals surface area (Å²) in [6.07, 6.45) is 2.38. The molecule has 0 fully saturated rings. The van der Waals surface area contributed by atoms with E-state index in [1.165, 1.54) is 6.42 Å². The topological polar surface area (TPSA) is 9.23 Å². The minimum Gasteiger partial charge on any atom is -0.385 e. The standard InChI is InChI=1S/C10H21BrO/c1-5-10(3,8-11)9(2)6-7-12-4/h9H,5-8H2,1-4H3. The van der Waals surface area contributed by atoms with Crippen molar-refractivity contribution in [3.8, 4) is 0 Å². The zero-order chi connectivity index (χ0) is 9.61. The van der Waals surface area contributed by atoms with Crippen molar-refractivity contribution in [3.63, 3.8) is 0 Å². The fourth-order valence-corrected chi connectivity index (χ4v) is 2.17.